The SMILES string of the molecule is CCN(C(C)C)S(=O)(=O)c1cc(CN)ccc1C. The van der Waals surface area contributed by atoms with Gasteiger partial charge in [0.25, 0.3) is 0 Å². The third-order valence-corrected chi connectivity index (χ3v) is 5.26. The molecule has 0 aliphatic heterocycles. The van der Waals surface area contributed by atoms with Gasteiger partial charge in [-0.25, -0.2) is 8.42 Å². The van der Waals surface area contributed by atoms with E-state index in [1.165, 1.54) is 4.31 Å². The molecule has 0 aliphatic carbocycles. The van der Waals surface area contributed by atoms with Gasteiger partial charge in [-0.3, -0.25) is 0 Å². The minimum atomic E-state index is -3.44. The van der Waals surface area contributed by atoms with Gasteiger partial charge in [-0.05, 0) is 38.0 Å². The summed E-state index contributed by atoms with van der Waals surface area (Å²) in [6, 6.07) is 5.29. The van der Waals surface area contributed by atoms with Gasteiger partial charge >= 0.3 is 0 Å². The Hall–Kier alpha value is -0.910. The average molecular weight is 270 g/mol. The van der Waals surface area contributed by atoms with Gasteiger partial charge in [-0.15, -0.1) is 0 Å². The van der Waals surface area contributed by atoms with Gasteiger partial charge in [0.05, 0.1) is 4.90 Å². The molecule has 0 fully saturated rings. The molecule has 0 heterocycles. The fourth-order valence-electron chi connectivity index (χ4n) is 1.99. The molecule has 0 saturated carbocycles. The largest absolute Gasteiger partial charge is 0.326 e. The zero-order valence-electron chi connectivity index (χ0n) is 11.5. The minimum Gasteiger partial charge on any atom is -0.326 e. The first kappa shape index (κ1) is 15.1. The highest BCUT2D eigenvalue weighted by Crippen LogP contribution is 2.22. The number of sulfonamides is 1. The van der Waals surface area contributed by atoms with Crippen molar-refractivity contribution in [2.45, 2.75) is 45.2 Å². The minimum absolute atomic E-state index is 0.0547. The molecule has 1 aromatic rings. The molecule has 1 aromatic carbocycles. The Bertz CT molecular complexity index is 510. The first-order chi connectivity index (χ1) is 8.34. The molecule has 1 rings (SSSR count). The summed E-state index contributed by atoms with van der Waals surface area (Å²) in [6.45, 7) is 8.22. The van der Waals surface area contributed by atoms with Crippen LogP contribution in [-0.2, 0) is 16.6 Å². The summed E-state index contributed by atoms with van der Waals surface area (Å²) in [5, 5.41) is 0. The predicted octanol–water partition coefficient (Wildman–Crippen LogP) is 1.87. The molecule has 2 N–H and O–H groups in total. The average Bonchev–Trinajstić information content (AvgIpc) is 2.29. The Morgan fingerprint density at radius 3 is 2.39 bits per heavy atom. The summed E-state index contributed by atoms with van der Waals surface area (Å²) in [7, 11) is -3.44. The normalized spacial score (nSPS) is 12.4. The van der Waals surface area contributed by atoms with Gasteiger partial charge in [0.2, 0.25) is 10.0 Å². The summed E-state index contributed by atoms with van der Waals surface area (Å²) >= 11 is 0. The van der Waals surface area contributed by atoms with E-state index in [0.717, 1.165) is 11.1 Å². The highest BCUT2D eigenvalue weighted by atomic mass is 32.2. The fraction of sp³-hybridized carbons (Fsp3) is 0.538. The number of aryl methyl sites for hydroxylation is 1. The third-order valence-electron chi connectivity index (χ3n) is 2.96. The van der Waals surface area contributed by atoms with E-state index in [1.54, 1.807) is 13.0 Å². The van der Waals surface area contributed by atoms with E-state index >= 15 is 0 Å². The van der Waals surface area contributed by atoms with E-state index < -0.39 is 10.0 Å². The zero-order chi connectivity index (χ0) is 13.9. The topological polar surface area (TPSA) is 63.4 Å². The fourth-order valence-corrected chi connectivity index (χ4v) is 3.91. The number of hydrogen-bond donors (Lipinski definition) is 1. The van der Waals surface area contributed by atoms with Gasteiger partial charge in [-0.1, -0.05) is 19.1 Å². The van der Waals surface area contributed by atoms with Crippen molar-refractivity contribution < 1.29 is 8.42 Å². The van der Waals surface area contributed by atoms with Crippen LogP contribution in [0.25, 0.3) is 0 Å². The maximum absolute atomic E-state index is 12.6. The Labute approximate surface area is 110 Å². The summed E-state index contributed by atoms with van der Waals surface area (Å²) in [6.07, 6.45) is 0. The van der Waals surface area contributed by atoms with Crippen molar-refractivity contribution in [3.05, 3.63) is 29.3 Å². The molecule has 0 unspecified atom stereocenters. The molecule has 4 nitrogen and oxygen atoms in total. The zero-order valence-corrected chi connectivity index (χ0v) is 12.3. The highest BCUT2D eigenvalue weighted by molar-refractivity contribution is 7.89. The van der Waals surface area contributed by atoms with Crippen molar-refractivity contribution in [2.75, 3.05) is 6.54 Å². The molecular formula is C13H22N2O2S. The number of nitrogens with two attached hydrogens (primary N) is 1. The van der Waals surface area contributed by atoms with Crippen molar-refractivity contribution >= 4 is 10.0 Å². The molecular weight excluding hydrogens is 248 g/mol. The van der Waals surface area contributed by atoms with Gasteiger partial charge in [-0.2, -0.15) is 4.31 Å². The molecule has 102 valence electrons. The summed E-state index contributed by atoms with van der Waals surface area (Å²) < 4.78 is 26.7. The van der Waals surface area contributed by atoms with Crippen LogP contribution in [0.5, 0.6) is 0 Å². The van der Waals surface area contributed by atoms with Crippen molar-refractivity contribution in [1.29, 1.82) is 0 Å². The van der Waals surface area contributed by atoms with E-state index in [2.05, 4.69) is 0 Å². The van der Waals surface area contributed by atoms with Crippen LogP contribution >= 0.6 is 0 Å². The van der Waals surface area contributed by atoms with Gasteiger partial charge < -0.3 is 5.73 Å². The maximum atomic E-state index is 12.6. The summed E-state index contributed by atoms with van der Waals surface area (Å²) in [4.78, 5) is 0.362. The van der Waals surface area contributed by atoms with Crippen molar-refractivity contribution in [2.24, 2.45) is 5.73 Å². The lowest BCUT2D eigenvalue weighted by Crippen LogP contribution is -2.37. The standard InChI is InChI=1S/C13H22N2O2S/c1-5-15(10(2)3)18(16,17)13-8-12(9-14)7-6-11(13)4/h6-8,10H,5,9,14H2,1-4H3. The smallest absolute Gasteiger partial charge is 0.243 e. The number of nitrogens with zero attached hydrogens (tertiary/aromatic N) is 1. The van der Waals surface area contributed by atoms with Crippen LogP contribution in [0.2, 0.25) is 0 Å². The van der Waals surface area contributed by atoms with Gasteiger partial charge in [0.1, 0.15) is 0 Å². The van der Waals surface area contributed by atoms with Crippen LogP contribution in [0.1, 0.15) is 31.9 Å². The van der Waals surface area contributed by atoms with Gasteiger partial charge in [0, 0.05) is 19.1 Å². The van der Waals surface area contributed by atoms with E-state index in [9.17, 15) is 8.42 Å². The van der Waals surface area contributed by atoms with Crippen LogP contribution in [0.15, 0.2) is 23.1 Å². The number of hydrogen-bond acceptors (Lipinski definition) is 3. The van der Waals surface area contributed by atoms with E-state index in [1.807, 2.05) is 32.9 Å². The molecule has 0 bridgehead atoms. The molecule has 0 saturated heterocycles. The van der Waals surface area contributed by atoms with E-state index in [4.69, 9.17) is 5.73 Å². The first-order valence-electron chi connectivity index (χ1n) is 6.16. The second-order valence-electron chi connectivity index (χ2n) is 4.61. The lowest BCUT2D eigenvalue weighted by molar-refractivity contribution is 0.369. The Morgan fingerprint density at radius 1 is 1.33 bits per heavy atom. The Kier molecular flexibility index (Phi) is 4.90. The molecule has 0 atom stereocenters. The van der Waals surface area contributed by atoms with Crippen LogP contribution in [0.3, 0.4) is 0 Å². The maximum Gasteiger partial charge on any atom is 0.243 e. The molecule has 0 amide bonds. The lowest BCUT2D eigenvalue weighted by Gasteiger charge is -2.25. The molecule has 5 heteroatoms. The van der Waals surface area contributed by atoms with E-state index in [0.29, 0.717) is 18.0 Å². The van der Waals surface area contributed by atoms with Crippen LogP contribution in [-0.4, -0.2) is 25.3 Å². The van der Waals surface area contributed by atoms with Crippen LogP contribution < -0.4 is 5.73 Å². The monoisotopic (exact) mass is 270 g/mol. The number of rotatable bonds is 5. The molecule has 18 heavy (non-hydrogen) atoms. The Balaban J connectivity index is 3.35. The summed E-state index contributed by atoms with van der Waals surface area (Å²) in [5.41, 5.74) is 7.16. The van der Waals surface area contributed by atoms with Crippen molar-refractivity contribution in [3.63, 3.8) is 0 Å². The first-order valence-corrected chi connectivity index (χ1v) is 7.60. The van der Waals surface area contributed by atoms with Crippen LogP contribution in [0.4, 0.5) is 0 Å². The molecule has 0 aliphatic rings. The predicted molar refractivity (Wildman–Crippen MR) is 73.8 cm³/mol. The Morgan fingerprint density at radius 2 is 1.94 bits per heavy atom. The van der Waals surface area contributed by atoms with Gasteiger partial charge in [0.15, 0.2) is 0 Å². The number of benzene rings is 1. The quantitative estimate of drug-likeness (QED) is 0.888. The molecule has 0 radical (unpaired) electrons. The second kappa shape index (κ2) is 5.82. The molecule has 0 aromatic heterocycles. The summed E-state index contributed by atoms with van der Waals surface area (Å²) in [5.74, 6) is 0. The van der Waals surface area contributed by atoms with Crippen molar-refractivity contribution in [3.8, 4) is 0 Å². The molecule has 0 spiro atoms. The lowest BCUT2D eigenvalue weighted by atomic mass is 10.1. The van der Waals surface area contributed by atoms with E-state index in [-0.39, 0.29) is 6.04 Å². The van der Waals surface area contributed by atoms with Crippen LogP contribution in [0, 0.1) is 6.92 Å². The highest BCUT2D eigenvalue weighted by Gasteiger charge is 2.26. The third kappa shape index (κ3) is 2.91. The van der Waals surface area contributed by atoms with Crippen molar-refractivity contribution in [1.82, 2.24) is 4.31 Å². The second-order valence-corrected chi connectivity index (χ2v) is 6.47.